The van der Waals surface area contributed by atoms with Gasteiger partial charge in [-0.2, -0.15) is 0 Å². The number of ether oxygens (including phenoxy) is 1. The Bertz CT molecular complexity index is 1350. The Hall–Kier alpha value is -2.86. The van der Waals surface area contributed by atoms with Crippen molar-refractivity contribution < 1.29 is 9.53 Å². The minimum Gasteiger partial charge on any atom is -0.496 e. The molecule has 6 heteroatoms. The number of carbonyl (C=O) groups excluding carboxylic acids is 1. The molecule has 0 unspecified atom stereocenters. The summed E-state index contributed by atoms with van der Waals surface area (Å²) in [4.78, 5) is 16.8. The zero-order chi connectivity index (χ0) is 25.1. The molecule has 1 fully saturated rings. The van der Waals surface area contributed by atoms with Crippen molar-refractivity contribution in [2.45, 2.75) is 44.3 Å². The number of rotatable bonds is 7. The van der Waals surface area contributed by atoms with Gasteiger partial charge in [-0.1, -0.05) is 66.2 Å². The van der Waals surface area contributed by atoms with E-state index in [4.69, 9.17) is 16.3 Å². The largest absolute Gasteiger partial charge is 0.496 e. The normalized spacial score (nSPS) is 17.8. The highest BCUT2D eigenvalue weighted by Gasteiger charge is 2.32. The van der Waals surface area contributed by atoms with Gasteiger partial charge in [0.25, 0.3) is 5.91 Å². The number of hydrogen-bond donors (Lipinski definition) is 1. The molecule has 5 rings (SSSR count). The number of amides is 1. The first-order valence-electron chi connectivity index (χ1n) is 12.5. The Kier molecular flexibility index (Phi) is 7.61. The highest BCUT2D eigenvalue weighted by Crippen LogP contribution is 2.38. The molecule has 3 aromatic carbocycles. The van der Waals surface area contributed by atoms with Crippen LogP contribution in [-0.2, 0) is 6.54 Å². The van der Waals surface area contributed by atoms with Crippen molar-refractivity contribution in [3.8, 4) is 16.9 Å². The van der Waals surface area contributed by atoms with Crippen LogP contribution in [0.5, 0.6) is 5.75 Å². The van der Waals surface area contributed by atoms with Gasteiger partial charge in [-0.05, 0) is 62.1 Å². The Morgan fingerprint density at radius 2 is 1.72 bits per heavy atom. The molecule has 186 valence electrons. The molecular weight excluding hydrogens is 488 g/mol. The summed E-state index contributed by atoms with van der Waals surface area (Å²) in [5, 5.41) is 4.90. The van der Waals surface area contributed by atoms with Crippen LogP contribution in [0.25, 0.3) is 21.2 Å². The van der Waals surface area contributed by atoms with E-state index in [1.165, 1.54) is 11.3 Å². The van der Waals surface area contributed by atoms with E-state index in [-0.39, 0.29) is 11.9 Å². The molecule has 0 spiro atoms. The molecule has 1 heterocycles. The van der Waals surface area contributed by atoms with Crippen LogP contribution in [0.2, 0.25) is 5.02 Å². The van der Waals surface area contributed by atoms with Crippen LogP contribution < -0.4 is 10.1 Å². The van der Waals surface area contributed by atoms with E-state index < -0.39 is 0 Å². The van der Waals surface area contributed by atoms with E-state index in [1.54, 1.807) is 7.11 Å². The average Bonchev–Trinajstić information content (AvgIpc) is 3.28. The molecule has 0 radical (unpaired) electrons. The van der Waals surface area contributed by atoms with Crippen molar-refractivity contribution in [3.63, 3.8) is 0 Å². The molecular formula is C30H31ClN2O2S. The van der Waals surface area contributed by atoms with E-state index in [0.29, 0.717) is 22.5 Å². The van der Waals surface area contributed by atoms with Crippen molar-refractivity contribution in [1.29, 1.82) is 0 Å². The van der Waals surface area contributed by atoms with E-state index in [0.717, 1.165) is 58.2 Å². The van der Waals surface area contributed by atoms with Gasteiger partial charge in [0.05, 0.1) is 12.1 Å². The van der Waals surface area contributed by atoms with Gasteiger partial charge in [0.1, 0.15) is 10.6 Å². The summed E-state index contributed by atoms with van der Waals surface area (Å²) in [6, 6.07) is 25.1. The number of nitrogens with zero attached hydrogens (tertiary/aromatic N) is 1. The summed E-state index contributed by atoms with van der Waals surface area (Å²) < 4.78 is 6.78. The monoisotopic (exact) mass is 518 g/mol. The Balaban J connectivity index is 1.53. The maximum atomic E-state index is 14.1. The second kappa shape index (κ2) is 11.0. The second-order valence-corrected chi connectivity index (χ2v) is 10.8. The molecule has 1 N–H and O–H groups in total. The average molecular weight is 519 g/mol. The minimum absolute atomic E-state index is 0.00118. The van der Waals surface area contributed by atoms with Gasteiger partial charge in [-0.15, -0.1) is 11.3 Å². The van der Waals surface area contributed by atoms with Crippen LogP contribution >= 0.6 is 22.9 Å². The van der Waals surface area contributed by atoms with Crippen molar-refractivity contribution in [2.75, 3.05) is 14.2 Å². The fourth-order valence-corrected chi connectivity index (χ4v) is 6.69. The van der Waals surface area contributed by atoms with E-state index >= 15 is 0 Å². The summed E-state index contributed by atoms with van der Waals surface area (Å²) in [5.74, 6) is 0.792. The first-order chi connectivity index (χ1) is 17.6. The van der Waals surface area contributed by atoms with Gasteiger partial charge < -0.3 is 15.0 Å². The zero-order valence-electron chi connectivity index (χ0n) is 20.7. The topological polar surface area (TPSA) is 41.6 Å². The number of benzene rings is 3. The fourth-order valence-electron chi connectivity index (χ4n) is 5.22. The van der Waals surface area contributed by atoms with E-state index in [2.05, 4.69) is 29.6 Å². The molecule has 4 aromatic rings. The Morgan fingerprint density at radius 3 is 2.42 bits per heavy atom. The fraction of sp³-hybridized carbons (Fsp3) is 0.300. The molecule has 1 saturated carbocycles. The number of methoxy groups -OCH3 is 1. The third kappa shape index (κ3) is 5.01. The van der Waals surface area contributed by atoms with Gasteiger partial charge in [-0.25, -0.2) is 0 Å². The van der Waals surface area contributed by atoms with Gasteiger partial charge in [-0.3, -0.25) is 4.79 Å². The van der Waals surface area contributed by atoms with E-state index in [9.17, 15) is 4.79 Å². The zero-order valence-corrected chi connectivity index (χ0v) is 22.2. The minimum atomic E-state index is 0.00118. The van der Waals surface area contributed by atoms with Crippen molar-refractivity contribution in [1.82, 2.24) is 10.2 Å². The molecule has 36 heavy (non-hydrogen) atoms. The summed E-state index contributed by atoms with van der Waals surface area (Å²) in [6.07, 6.45) is 4.01. The third-order valence-electron chi connectivity index (χ3n) is 7.26. The maximum absolute atomic E-state index is 14.1. The smallest absolute Gasteiger partial charge is 0.266 e. The summed E-state index contributed by atoms with van der Waals surface area (Å²) in [7, 11) is 3.71. The van der Waals surface area contributed by atoms with Crippen molar-refractivity contribution >= 4 is 38.9 Å². The summed E-state index contributed by atoms with van der Waals surface area (Å²) >= 11 is 8.26. The molecule has 1 aliphatic rings. The lowest BCUT2D eigenvalue weighted by atomic mass is 9.89. The van der Waals surface area contributed by atoms with Crippen molar-refractivity contribution in [2.24, 2.45) is 0 Å². The lowest BCUT2D eigenvalue weighted by Gasteiger charge is -2.37. The van der Waals surface area contributed by atoms with Crippen molar-refractivity contribution in [3.05, 3.63) is 88.3 Å². The lowest BCUT2D eigenvalue weighted by molar-refractivity contribution is 0.0604. The molecule has 0 bridgehead atoms. The lowest BCUT2D eigenvalue weighted by Crippen LogP contribution is -2.44. The van der Waals surface area contributed by atoms with Gasteiger partial charge >= 0.3 is 0 Å². The molecule has 4 nitrogen and oxygen atoms in total. The quantitative estimate of drug-likeness (QED) is 0.277. The Labute approximate surface area is 221 Å². The van der Waals surface area contributed by atoms with Gasteiger partial charge in [0.15, 0.2) is 0 Å². The third-order valence-corrected chi connectivity index (χ3v) is 8.93. The summed E-state index contributed by atoms with van der Waals surface area (Å²) in [6.45, 7) is 0.474. The Morgan fingerprint density at radius 1 is 1.00 bits per heavy atom. The number of thiophene rings is 1. The molecule has 0 aliphatic heterocycles. The highest BCUT2D eigenvalue weighted by molar-refractivity contribution is 7.21. The SMILES string of the molecule is CNC1CCC(N(Cc2cc(-c3ccccc3)ccc2OC)C(=O)c2sc3ccccc3c2Cl)CC1. The van der Waals surface area contributed by atoms with Crippen LogP contribution in [0.3, 0.4) is 0 Å². The first kappa shape index (κ1) is 24.8. The van der Waals surface area contributed by atoms with Gasteiger partial charge in [0.2, 0.25) is 0 Å². The predicted octanol–water partition coefficient (Wildman–Crippen LogP) is 7.40. The van der Waals surface area contributed by atoms with Gasteiger partial charge in [0, 0.05) is 34.3 Å². The van der Waals surface area contributed by atoms with Crippen LogP contribution in [0, 0.1) is 0 Å². The number of fused-ring (bicyclic) bond motifs is 1. The highest BCUT2D eigenvalue weighted by atomic mass is 35.5. The second-order valence-electron chi connectivity index (χ2n) is 9.36. The number of hydrogen-bond acceptors (Lipinski definition) is 4. The van der Waals surface area contributed by atoms with Crippen LogP contribution in [0.15, 0.2) is 72.8 Å². The standard InChI is InChI=1S/C30H31ClN2O2S/c1-32-23-13-15-24(16-14-23)33(30(34)29-28(31)25-10-6-7-11-27(25)36-29)19-22-18-21(12-17-26(22)35-2)20-8-4-3-5-9-20/h3-12,17-18,23-24,32H,13-16,19H2,1-2H3. The summed E-state index contributed by atoms with van der Waals surface area (Å²) in [5.41, 5.74) is 3.25. The van der Waals surface area contributed by atoms with Crippen LogP contribution in [-0.4, -0.2) is 37.0 Å². The van der Waals surface area contributed by atoms with E-state index in [1.807, 2.05) is 60.5 Å². The predicted molar refractivity (Wildman–Crippen MR) is 150 cm³/mol. The first-order valence-corrected chi connectivity index (χ1v) is 13.7. The molecule has 1 aliphatic carbocycles. The molecule has 0 atom stereocenters. The van der Waals surface area contributed by atoms with Crippen LogP contribution in [0.1, 0.15) is 40.9 Å². The number of halogens is 1. The number of carbonyl (C=O) groups is 1. The molecule has 1 aromatic heterocycles. The van der Waals surface area contributed by atoms with Crippen LogP contribution in [0.4, 0.5) is 0 Å². The maximum Gasteiger partial charge on any atom is 0.266 e. The number of nitrogens with one attached hydrogen (secondary N) is 1. The molecule has 0 saturated heterocycles. The molecule has 1 amide bonds.